The van der Waals surface area contributed by atoms with Crippen molar-refractivity contribution in [1.82, 2.24) is 4.90 Å². The quantitative estimate of drug-likeness (QED) is 0.604. The molecular formula is C20H41NO3Si. The number of hydrogen-bond acceptors (Lipinski definition) is 3. The van der Waals surface area contributed by atoms with E-state index in [9.17, 15) is 9.90 Å². The SMILES string of the molecule is CC(C)[Si](O[C@@H](C)C[C@@H](C)C(=O)N1CCC[C@H]1CO)(C(C)C)C(C)C. The predicted molar refractivity (Wildman–Crippen MR) is 107 cm³/mol. The van der Waals surface area contributed by atoms with Crippen LogP contribution in [0.15, 0.2) is 0 Å². The summed E-state index contributed by atoms with van der Waals surface area (Å²) in [7, 11) is -1.91. The maximum absolute atomic E-state index is 12.8. The lowest BCUT2D eigenvalue weighted by atomic mass is 10.0. The fourth-order valence-corrected chi connectivity index (χ4v) is 10.6. The molecule has 5 heteroatoms. The minimum atomic E-state index is -1.91. The molecule has 1 fully saturated rings. The van der Waals surface area contributed by atoms with Crippen LogP contribution in [0.2, 0.25) is 16.6 Å². The van der Waals surface area contributed by atoms with Crippen LogP contribution in [-0.4, -0.2) is 49.5 Å². The van der Waals surface area contributed by atoms with Gasteiger partial charge in [0.25, 0.3) is 0 Å². The second-order valence-corrected chi connectivity index (χ2v) is 14.3. The van der Waals surface area contributed by atoms with Crippen molar-refractivity contribution in [1.29, 1.82) is 0 Å². The average Bonchev–Trinajstić information content (AvgIpc) is 2.98. The molecule has 1 aliphatic rings. The maximum Gasteiger partial charge on any atom is 0.225 e. The Hall–Kier alpha value is -0.393. The largest absolute Gasteiger partial charge is 0.413 e. The molecule has 4 nitrogen and oxygen atoms in total. The molecule has 1 saturated heterocycles. The Balaban J connectivity index is 2.76. The van der Waals surface area contributed by atoms with Gasteiger partial charge in [-0.15, -0.1) is 0 Å². The highest BCUT2D eigenvalue weighted by Gasteiger charge is 2.46. The first-order valence-corrected chi connectivity index (χ1v) is 12.3. The minimum Gasteiger partial charge on any atom is -0.413 e. The monoisotopic (exact) mass is 371 g/mol. The topological polar surface area (TPSA) is 49.8 Å². The van der Waals surface area contributed by atoms with Gasteiger partial charge in [0, 0.05) is 18.6 Å². The van der Waals surface area contributed by atoms with E-state index in [-0.39, 0.29) is 30.6 Å². The molecule has 0 aromatic carbocycles. The number of carbonyl (C=O) groups is 1. The standard InChI is InChI=1S/C20H41NO3Si/c1-14(2)25(15(3)4,16(5)6)24-18(8)12-17(7)20(23)21-11-9-10-19(21)13-22/h14-19,22H,9-13H2,1-8H3/t17-,18+,19+/m1/s1. The van der Waals surface area contributed by atoms with E-state index in [1.54, 1.807) is 0 Å². The summed E-state index contributed by atoms with van der Waals surface area (Å²) < 4.78 is 6.78. The molecule has 0 bridgehead atoms. The molecular weight excluding hydrogens is 330 g/mol. The minimum absolute atomic E-state index is 0.0154. The molecule has 0 unspecified atom stereocenters. The van der Waals surface area contributed by atoms with Crippen molar-refractivity contribution in [3.8, 4) is 0 Å². The number of aliphatic hydroxyl groups is 1. The zero-order chi connectivity index (χ0) is 19.4. The highest BCUT2D eigenvalue weighted by Crippen LogP contribution is 2.43. The van der Waals surface area contributed by atoms with Crippen molar-refractivity contribution in [2.24, 2.45) is 5.92 Å². The van der Waals surface area contributed by atoms with Crippen LogP contribution in [0.4, 0.5) is 0 Å². The highest BCUT2D eigenvalue weighted by atomic mass is 28.4. The molecule has 0 aromatic rings. The van der Waals surface area contributed by atoms with Gasteiger partial charge in [-0.1, -0.05) is 48.5 Å². The Morgan fingerprint density at radius 2 is 1.60 bits per heavy atom. The third-order valence-electron chi connectivity index (χ3n) is 6.09. The van der Waals surface area contributed by atoms with Crippen LogP contribution in [0.25, 0.3) is 0 Å². The van der Waals surface area contributed by atoms with Crippen LogP contribution < -0.4 is 0 Å². The van der Waals surface area contributed by atoms with E-state index in [1.165, 1.54) is 0 Å². The van der Waals surface area contributed by atoms with Crippen LogP contribution in [0.3, 0.4) is 0 Å². The van der Waals surface area contributed by atoms with Crippen molar-refractivity contribution in [2.75, 3.05) is 13.2 Å². The molecule has 0 aromatic heterocycles. The lowest BCUT2D eigenvalue weighted by Gasteiger charge is -2.44. The summed E-state index contributed by atoms with van der Waals surface area (Å²) in [5, 5.41) is 9.47. The van der Waals surface area contributed by atoms with Crippen LogP contribution >= 0.6 is 0 Å². The second kappa shape index (κ2) is 9.52. The Bertz CT molecular complexity index is 403. The fraction of sp³-hybridized carbons (Fsp3) is 0.950. The number of amides is 1. The van der Waals surface area contributed by atoms with Gasteiger partial charge in [0.05, 0.1) is 12.6 Å². The summed E-state index contributed by atoms with van der Waals surface area (Å²) in [6, 6.07) is 0.0154. The molecule has 1 aliphatic heterocycles. The lowest BCUT2D eigenvalue weighted by molar-refractivity contribution is -0.137. The zero-order valence-electron chi connectivity index (χ0n) is 17.7. The van der Waals surface area contributed by atoms with Gasteiger partial charge in [-0.05, 0) is 42.8 Å². The van der Waals surface area contributed by atoms with E-state index in [1.807, 2.05) is 11.8 Å². The first-order valence-electron chi connectivity index (χ1n) is 10.2. The smallest absolute Gasteiger partial charge is 0.225 e. The summed E-state index contributed by atoms with van der Waals surface area (Å²) in [5.41, 5.74) is 1.66. The molecule has 0 saturated carbocycles. The Morgan fingerprint density at radius 1 is 1.08 bits per heavy atom. The van der Waals surface area contributed by atoms with E-state index in [4.69, 9.17) is 4.43 Å². The fourth-order valence-electron chi connectivity index (χ4n) is 5.00. The van der Waals surface area contributed by atoms with Gasteiger partial charge in [-0.3, -0.25) is 4.79 Å². The maximum atomic E-state index is 12.8. The van der Waals surface area contributed by atoms with Crippen LogP contribution in [0.1, 0.15) is 74.7 Å². The Morgan fingerprint density at radius 3 is 2.04 bits per heavy atom. The lowest BCUT2D eigenvalue weighted by Crippen LogP contribution is -2.50. The second-order valence-electron chi connectivity index (χ2n) is 8.89. The van der Waals surface area contributed by atoms with E-state index in [0.717, 1.165) is 25.8 Å². The van der Waals surface area contributed by atoms with Gasteiger partial charge >= 0.3 is 0 Å². The number of carbonyl (C=O) groups excluding carboxylic acids is 1. The summed E-state index contributed by atoms with van der Waals surface area (Å²) in [6.07, 6.45) is 2.77. The van der Waals surface area contributed by atoms with Crippen molar-refractivity contribution in [3.05, 3.63) is 0 Å². The Labute approximate surface area is 156 Å². The number of nitrogens with zero attached hydrogens (tertiary/aromatic N) is 1. The molecule has 1 N–H and O–H groups in total. The number of likely N-dealkylation sites (tertiary alicyclic amines) is 1. The van der Waals surface area contributed by atoms with Crippen molar-refractivity contribution >= 4 is 14.2 Å². The molecule has 25 heavy (non-hydrogen) atoms. The van der Waals surface area contributed by atoms with Gasteiger partial charge in [0.2, 0.25) is 14.2 Å². The van der Waals surface area contributed by atoms with Crippen molar-refractivity contribution < 1.29 is 14.3 Å². The summed E-state index contributed by atoms with van der Waals surface area (Å²) in [5.74, 6) is 0.123. The highest BCUT2D eigenvalue weighted by molar-refractivity contribution is 6.77. The molecule has 0 aliphatic carbocycles. The van der Waals surface area contributed by atoms with Crippen LogP contribution in [0, 0.1) is 5.92 Å². The number of aliphatic hydroxyl groups excluding tert-OH is 1. The van der Waals surface area contributed by atoms with Gasteiger partial charge in [0.15, 0.2) is 0 Å². The third kappa shape index (κ3) is 5.07. The summed E-state index contributed by atoms with van der Waals surface area (Å²) in [6.45, 7) is 18.8. The van der Waals surface area contributed by atoms with Gasteiger partial charge in [-0.2, -0.15) is 0 Å². The van der Waals surface area contributed by atoms with Gasteiger partial charge in [0.1, 0.15) is 0 Å². The molecule has 0 radical (unpaired) electrons. The van der Waals surface area contributed by atoms with Crippen molar-refractivity contribution in [3.63, 3.8) is 0 Å². The molecule has 3 atom stereocenters. The Kier molecular flexibility index (Phi) is 8.62. The molecule has 1 amide bonds. The summed E-state index contributed by atoms with van der Waals surface area (Å²) >= 11 is 0. The molecule has 148 valence electrons. The van der Waals surface area contributed by atoms with Gasteiger partial charge < -0.3 is 14.4 Å². The van der Waals surface area contributed by atoms with Crippen molar-refractivity contribution in [2.45, 2.75) is 103 Å². The van der Waals surface area contributed by atoms with E-state index in [0.29, 0.717) is 16.6 Å². The number of rotatable bonds is 9. The molecule has 0 spiro atoms. The molecule has 1 rings (SSSR count). The third-order valence-corrected chi connectivity index (χ3v) is 12.3. The zero-order valence-corrected chi connectivity index (χ0v) is 18.7. The number of hydrogen-bond donors (Lipinski definition) is 1. The van der Waals surface area contributed by atoms with E-state index in [2.05, 4.69) is 48.5 Å². The first-order chi connectivity index (χ1) is 11.6. The summed E-state index contributed by atoms with van der Waals surface area (Å²) in [4.78, 5) is 14.7. The van der Waals surface area contributed by atoms with Crippen LogP contribution in [-0.2, 0) is 9.22 Å². The van der Waals surface area contributed by atoms with Gasteiger partial charge in [-0.25, -0.2) is 0 Å². The molecule has 1 heterocycles. The normalized spacial score (nSPS) is 21.4. The average molecular weight is 372 g/mol. The first kappa shape index (κ1) is 22.6. The predicted octanol–water partition coefficient (Wildman–Crippen LogP) is 4.58. The van der Waals surface area contributed by atoms with Crippen LogP contribution in [0.5, 0.6) is 0 Å². The van der Waals surface area contributed by atoms with E-state index < -0.39 is 8.32 Å². The van der Waals surface area contributed by atoms with E-state index >= 15 is 0 Å².